The van der Waals surface area contributed by atoms with Crippen LogP contribution in [0.3, 0.4) is 0 Å². The van der Waals surface area contributed by atoms with Crippen molar-refractivity contribution in [3.8, 4) is 0 Å². The maximum atomic E-state index is 5.26. The van der Waals surface area contributed by atoms with Gasteiger partial charge in [0.05, 0.1) is 11.9 Å². The maximum Gasteiger partial charge on any atom is 0.248 e. The molecule has 2 heterocycles. The minimum Gasteiger partial charge on any atom is -0.371 e. The second-order valence-corrected chi connectivity index (χ2v) is 5.00. The van der Waals surface area contributed by atoms with Crippen molar-refractivity contribution >= 4 is 5.69 Å². The molecule has 0 aliphatic rings. The Morgan fingerprint density at radius 1 is 1.37 bits per heavy atom. The van der Waals surface area contributed by atoms with Gasteiger partial charge in [0.25, 0.3) is 0 Å². The molecule has 6 heteroatoms. The molecule has 0 spiro atoms. The Hall–Kier alpha value is -1.85. The lowest BCUT2D eigenvalue weighted by Gasteiger charge is -2.08. The fraction of sp³-hybridized carbons (Fsp3) is 0.615. The average molecular weight is 263 g/mol. The number of anilines is 1. The molecule has 1 N–H and O–H groups in total. The maximum absolute atomic E-state index is 5.26. The summed E-state index contributed by atoms with van der Waals surface area (Å²) < 4.78 is 7.18. The lowest BCUT2D eigenvalue weighted by atomic mass is 10.2. The molecule has 104 valence electrons. The lowest BCUT2D eigenvalue weighted by molar-refractivity contribution is 0.361. The van der Waals surface area contributed by atoms with Gasteiger partial charge in [-0.05, 0) is 13.3 Å². The smallest absolute Gasteiger partial charge is 0.248 e. The second-order valence-electron chi connectivity index (χ2n) is 5.00. The van der Waals surface area contributed by atoms with Gasteiger partial charge in [0.2, 0.25) is 5.89 Å². The van der Waals surface area contributed by atoms with Crippen molar-refractivity contribution < 1.29 is 4.52 Å². The van der Waals surface area contributed by atoms with Gasteiger partial charge < -0.3 is 9.84 Å². The van der Waals surface area contributed by atoms with Crippen molar-refractivity contribution in [1.82, 2.24) is 19.9 Å². The summed E-state index contributed by atoms with van der Waals surface area (Å²) in [6.45, 7) is 9.13. The van der Waals surface area contributed by atoms with Gasteiger partial charge in [-0.1, -0.05) is 25.9 Å². The van der Waals surface area contributed by atoms with E-state index in [0.717, 1.165) is 24.5 Å². The molecule has 0 saturated carbocycles. The molecule has 2 rings (SSSR count). The zero-order valence-corrected chi connectivity index (χ0v) is 11.9. The molecular weight excluding hydrogens is 242 g/mol. The highest BCUT2D eigenvalue weighted by molar-refractivity contribution is 5.39. The van der Waals surface area contributed by atoms with Crippen LogP contribution in [0.5, 0.6) is 0 Å². The number of nitrogens with zero attached hydrogens (tertiary/aromatic N) is 4. The summed E-state index contributed by atoms with van der Waals surface area (Å²) in [5, 5.41) is 11.5. The Morgan fingerprint density at radius 2 is 2.16 bits per heavy atom. The van der Waals surface area contributed by atoms with Crippen LogP contribution in [0.15, 0.2) is 16.9 Å². The second kappa shape index (κ2) is 5.86. The van der Waals surface area contributed by atoms with Crippen molar-refractivity contribution in [3.63, 3.8) is 0 Å². The summed E-state index contributed by atoms with van der Waals surface area (Å²) in [5.41, 5.74) is 0.963. The molecular formula is C13H21N5O. The van der Waals surface area contributed by atoms with Crippen LogP contribution >= 0.6 is 0 Å². The van der Waals surface area contributed by atoms with Gasteiger partial charge in [0.1, 0.15) is 6.04 Å². The molecule has 6 nitrogen and oxygen atoms in total. The molecule has 0 amide bonds. The van der Waals surface area contributed by atoms with E-state index in [-0.39, 0.29) is 12.0 Å². The molecule has 2 aromatic rings. The predicted molar refractivity (Wildman–Crippen MR) is 72.9 cm³/mol. The first-order valence-corrected chi connectivity index (χ1v) is 6.72. The van der Waals surface area contributed by atoms with E-state index in [4.69, 9.17) is 4.52 Å². The SMILES string of the molecule is CCCn1cc(NC(C)c2nc(C(C)C)no2)cn1. The Balaban J connectivity index is 2.00. The van der Waals surface area contributed by atoms with Crippen LogP contribution in [0.4, 0.5) is 5.69 Å². The van der Waals surface area contributed by atoms with E-state index in [1.54, 1.807) is 0 Å². The number of aromatic nitrogens is 4. The van der Waals surface area contributed by atoms with E-state index in [0.29, 0.717) is 5.89 Å². The van der Waals surface area contributed by atoms with Gasteiger partial charge in [0, 0.05) is 18.7 Å². The van der Waals surface area contributed by atoms with Crippen LogP contribution in [0.25, 0.3) is 0 Å². The Kier molecular flexibility index (Phi) is 4.19. The average Bonchev–Trinajstić information content (AvgIpc) is 2.98. The topological polar surface area (TPSA) is 68.8 Å². The summed E-state index contributed by atoms with van der Waals surface area (Å²) in [7, 11) is 0. The number of rotatable bonds is 6. The van der Waals surface area contributed by atoms with Gasteiger partial charge in [-0.25, -0.2) is 0 Å². The molecule has 0 bridgehead atoms. The van der Waals surface area contributed by atoms with Crippen LogP contribution in [0.1, 0.15) is 57.8 Å². The van der Waals surface area contributed by atoms with Crippen molar-refractivity contribution in [2.24, 2.45) is 0 Å². The summed E-state index contributed by atoms with van der Waals surface area (Å²) >= 11 is 0. The number of aryl methyl sites for hydroxylation is 1. The van der Waals surface area contributed by atoms with E-state index < -0.39 is 0 Å². The highest BCUT2D eigenvalue weighted by atomic mass is 16.5. The fourth-order valence-corrected chi connectivity index (χ4v) is 1.76. The molecule has 1 atom stereocenters. The minimum atomic E-state index is -0.0284. The minimum absolute atomic E-state index is 0.0284. The first-order valence-electron chi connectivity index (χ1n) is 6.72. The molecule has 2 aromatic heterocycles. The van der Waals surface area contributed by atoms with Crippen molar-refractivity contribution in [2.75, 3.05) is 5.32 Å². The van der Waals surface area contributed by atoms with Crippen LogP contribution in [0, 0.1) is 0 Å². The summed E-state index contributed by atoms with van der Waals surface area (Å²) in [6, 6.07) is -0.0284. The number of hydrogen-bond acceptors (Lipinski definition) is 5. The van der Waals surface area contributed by atoms with Crippen molar-refractivity contribution in [3.05, 3.63) is 24.1 Å². The van der Waals surface area contributed by atoms with E-state index in [9.17, 15) is 0 Å². The third-order valence-electron chi connectivity index (χ3n) is 2.81. The molecule has 0 saturated heterocycles. The third-order valence-corrected chi connectivity index (χ3v) is 2.81. The molecule has 0 aliphatic carbocycles. The zero-order chi connectivity index (χ0) is 13.8. The van der Waals surface area contributed by atoms with Crippen LogP contribution in [-0.2, 0) is 6.54 Å². The van der Waals surface area contributed by atoms with Crippen molar-refractivity contribution in [2.45, 2.75) is 52.6 Å². The van der Waals surface area contributed by atoms with Crippen LogP contribution < -0.4 is 5.32 Å². The highest BCUT2D eigenvalue weighted by Gasteiger charge is 2.16. The van der Waals surface area contributed by atoms with E-state index in [2.05, 4.69) is 27.5 Å². The summed E-state index contributed by atoms with van der Waals surface area (Å²) in [5.74, 6) is 1.62. The van der Waals surface area contributed by atoms with Crippen molar-refractivity contribution in [1.29, 1.82) is 0 Å². The first kappa shape index (κ1) is 13.6. The molecule has 0 fully saturated rings. The molecule has 19 heavy (non-hydrogen) atoms. The Morgan fingerprint density at radius 3 is 2.79 bits per heavy atom. The molecule has 1 unspecified atom stereocenters. The van der Waals surface area contributed by atoms with E-state index >= 15 is 0 Å². The van der Waals surface area contributed by atoms with E-state index in [1.165, 1.54) is 0 Å². The van der Waals surface area contributed by atoms with Gasteiger partial charge in [0.15, 0.2) is 5.82 Å². The monoisotopic (exact) mass is 263 g/mol. The Bertz CT molecular complexity index is 517. The van der Waals surface area contributed by atoms with Gasteiger partial charge in [-0.2, -0.15) is 10.1 Å². The normalized spacial score (nSPS) is 12.9. The molecule has 0 aromatic carbocycles. The van der Waals surface area contributed by atoms with Crippen LogP contribution in [-0.4, -0.2) is 19.9 Å². The standard InChI is InChI=1S/C13H21N5O/c1-5-6-18-8-11(7-14-18)15-10(4)13-16-12(9(2)3)17-19-13/h7-10,15H,5-6H2,1-4H3. The predicted octanol–water partition coefficient (Wildman–Crippen LogP) is 2.97. The lowest BCUT2D eigenvalue weighted by Crippen LogP contribution is -2.06. The summed E-state index contributed by atoms with van der Waals surface area (Å²) in [6.07, 6.45) is 4.86. The quantitative estimate of drug-likeness (QED) is 0.867. The largest absolute Gasteiger partial charge is 0.371 e. The van der Waals surface area contributed by atoms with Gasteiger partial charge >= 0.3 is 0 Å². The summed E-state index contributed by atoms with van der Waals surface area (Å²) in [4.78, 5) is 4.38. The number of nitrogens with one attached hydrogen (secondary N) is 1. The van der Waals surface area contributed by atoms with Gasteiger partial charge in [-0.15, -0.1) is 0 Å². The zero-order valence-electron chi connectivity index (χ0n) is 11.9. The molecule has 0 aliphatic heterocycles. The Labute approximate surface area is 113 Å². The highest BCUT2D eigenvalue weighted by Crippen LogP contribution is 2.19. The fourth-order valence-electron chi connectivity index (χ4n) is 1.76. The van der Waals surface area contributed by atoms with Crippen LogP contribution in [0.2, 0.25) is 0 Å². The van der Waals surface area contributed by atoms with E-state index in [1.807, 2.05) is 37.8 Å². The molecule has 0 radical (unpaired) electrons. The first-order chi connectivity index (χ1) is 9.10. The van der Waals surface area contributed by atoms with Gasteiger partial charge in [-0.3, -0.25) is 4.68 Å². The third kappa shape index (κ3) is 3.33. The number of hydrogen-bond donors (Lipinski definition) is 1.